The van der Waals surface area contributed by atoms with Crippen molar-refractivity contribution in [3.63, 3.8) is 0 Å². The third-order valence-corrected chi connectivity index (χ3v) is 4.09. The first-order valence-electron chi connectivity index (χ1n) is 6.56. The number of carbonyl (C=O) groups is 1. The lowest BCUT2D eigenvalue weighted by molar-refractivity contribution is -0.135. The Morgan fingerprint density at radius 3 is 2.56 bits per heavy atom. The Labute approximate surface area is 107 Å². The molecule has 0 radical (unpaired) electrons. The van der Waals surface area contributed by atoms with Crippen molar-refractivity contribution in [2.24, 2.45) is 5.92 Å². The molecule has 3 heteroatoms. The first-order valence-corrected chi connectivity index (χ1v) is 6.56. The van der Waals surface area contributed by atoms with Crippen molar-refractivity contribution < 1.29 is 4.79 Å². The summed E-state index contributed by atoms with van der Waals surface area (Å²) in [5, 5.41) is 9.06. The summed E-state index contributed by atoms with van der Waals surface area (Å²) in [5.41, 5.74) is 2.59. The van der Waals surface area contributed by atoms with Crippen LogP contribution in [0.5, 0.6) is 0 Å². The molecule has 1 aliphatic heterocycles. The van der Waals surface area contributed by atoms with Crippen molar-refractivity contribution in [3.05, 3.63) is 35.4 Å². The van der Waals surface area contributed by atoms with Gasteiger partial charge in [0.2, 0.25) is 5.91 Å². The van der Waals surface area contributed by atoms with Crippen LogP contribution in [0, 0.1) is 17.2 Å². The summed E-state index contributed by atoms with van der Waals surface area (Å²) in [6, 6.07) is 10.3. The number of amides is 1. The van der Waals surface area contributed by atoms with E-state index in [4.69, 9.17) is 5.26 Å². The highest BCUT2D eigenvalue weighted by atomic mass is 16.2. The quantitative estimate of drug-likeness (QED) is 0.752. The van der Waals surface area contributed by atoms with Crippen LogP contribution in [-0.2, 0) is 17.6 Å². The van der Waals surface area contributed by atoms with E-state index in [0.29, 0.717) is 0 Å². The largest absolute Gasteiger partial charge is 0.326 e. The SMILES string of the molecule is N#CC1CCCN1C(=O)C1Cc2ccccc2C1. The summed E-state index contributed by atoms with van der Waals surface area (Å²) in [7, 11) is 0. The number of hydrogen-bond acceptors (Lipinski definition) is 2. The van der Waals surface area contributed by atoms with E-state index in [-0.39, 0.29) is 17.9 Å². The molecule has 3 nitrogen and oxygen atoms in total. The van der Waals surface area contributed by atoms with Crippen molar-refractivity contribution in [2.75, 3.05) is 6.54 Å². The molecule has 92 valence electrons. The highest BCUT2D eigenvalue weighted by molar-refractivity contribution is 5.81. The fourth-order valence-electron chi connectivity index (χ4n) is 3.13. The van der Waals surface area contributed by atoms with Gasteiger partial charge in [0.1, 0.15) is 6.04 Å². The smallest absolute Gasteiger partial charge is 0.227 e. The molecule has 1 amide bonds. The van der Waals surface area contributed by atoms with Crippen LogP contribution >= 0.6 is 0 Å². The predicted octanol–water partition coefficient (Wildman–Crippen LogP) is 1.92. The van der Waals surface area contributed by atoms with Crippen LogP contribution < -0.4 is 0 Å². The van der Waals surface area contributed by atoms with Crippen LogP contribution in [0.3, 0.4) is 0 Å². The van der Waals surface area contributed by atoms with Gasteiger partial charge < -0.3 is 4.90 Å². The molecule has 1 heterocycles. The minimum atomic E-state index is -0.193. The van der Waals surface area contributed by atoms with Gasteiger partial charge in [0.15, 0.2) is 0 Å². The van der Waals surface area contributed by atoms with E-state index in [1.807, 2.05) is 12.1 Å². The molecule has 1 saturated heterocycles. The molecule has 1 aliphatic carbocycles. The van der Waals surface area contributed by atoms with Gasteiger partial charge in [-0.05, 0) is 36.8 Å². The fraction of sp³-hybridized carbons (Fsp3) is 0.467. The Balaban J connectivity index is 1.75. The zero-order valence-electron chi connectivity index (χ0n) is 10.3. The normalized spacial score (nSPS) is 22.8. The molecule has 1 fully saturated rings. The minimum absolute atomic E-state index is 0.0522. The van der Waals surface area contributed by atoms with E-state index >= 15 is 0 Å². The summed E-state index contributed by atoms with van der Waals surface area (Å²) >= 11 is 0. The number of carbonyl (C=O) groups excluding carboxylic acids is 1. The van der Waals surface area contributed by atoms with Crippen molar-refractivity contribution in [3.8, 4) is 6.07 Å². The van der Waals surface area contributed by atoms with Crippen molar-refractivity contribution >= 4 is 5.91 Å². The summed E-state index contributed by atoms with van der Waals surface area (Å²) in [5.74, 6) is 0.228. The molecule has 1 aromatic rings. The van der Waals surface area contributed by atoms with Gasteiger partial charge in [-0.25, -0.2) is 0 Å². The number of benzene rings is 1. The second kappa shape index (κ2) is 4.45. The topological polar surface area (TPSA) is 44.1 Å². The molecule has 0 saturated carbocycles. The van der Waals surface area contributed by atoms with Gasteiger partial charge in [-0.15, -0.1) is 0 Å². The molecular formula is C15H16N2O. The van der Waals surface area contributed by atoms with Crippen molar-refractivity contribution in [1.29, 1.82) is 5.26 Å². The van der Waals surface area contributed by atoms with Crippen molar-refractivity contribution in [2.45, 2.75) is 31.7 Å². The lowest BCUT2D eigenvalue weighted by atomic mass is 10.0. The summed E-state index contributed by atoms with van der Waals surface area (Å²) in [6.45, 7) is 0.754. The van der Waals surface area contributed by atoms with Crippen LogP contribution in [0.2, 0.25) is 0 Å². The summed E-state index contributed by atoms with van der Waals surface area (Å²) in [4.78, 5) is 14.2. The van der Waals surface area contributed by atoms with E-state index in [0.717, 1.165) is 32.2 Å². The average Bonchev–Trinajstić information content (AvgIpc) is 3.03. The molecule has 1 aromatic carbocycles. The first kappa shape index (κ1) is 11.3. The Hall–Kier alpha value is -1.82. The number of hydrogen-bond donors (Lipinski definition) is 0. The number of nitrogens with zero attached hydrogens (tertiary/aromatic N) is 2. The Kier molecular flexibility index (Phi) is 2.79. The van der Waals surface area contributed by atoms with Gasteiger partial charge in [0.25, 0.3) is 0 Å². The van der Waals surface area contributed by atoms with E-state index < -0.39 is 0 Å². The van der Waals surface area contributed by atoms with Gasteiger partial charge in [0.05, 0.1) is 6.07 Å². The van der Waals surface area contributed by atoms with Crippen LogP contribution in [-0.4, -0.2) is 23.4 Å². The third-order valence-electron chi connectivity index (χ3n) is 4.09. The number of likely N-dealkylation sites (tertiary alicyclic amines) is 1. The molecule has 1 unspecified atom stereocenters. The monoisotopic (exact) mass is 240 g/mol. The van der Waals surface area contributed by atoms with Crippen LogP contribution in [0.15, 0.2) is 24.3 Å². The maximum absolute atomic E-state index is 12.5. The first-order chi connectivity index (χ1) is 8.79. The molecule has 18 heavy (non-hydrogen) atoms. The van der Waals surface area contributed by atoms with Gasteiger partial charge in [-0.1, -0.05) is 24.3 Å². The zero-order valence-corrected chi connectivity index (χ0v) is 10.3. The van der Waals surface area contributed by atoms with E-state index in [1.165, 1.54) is 11.1 Å². The van der Waals surface area contributed by atoms with Crippen LogP contribution in [0.4, 0.5) is 0 Å². The van der Waals surface area contributed by atoms with Gasteiger partial charge >= 0.3 is 0 Å². The van der Waals surface area contributed by atoms with E-state index in [1.54, 1.807) is 4.90 Å². The highest BCUT2D eigenvalue weighted by Crippen LogP contribution is 2.30. The minimum Gasteiger partial charge on any atom is -0.326 e. The summed E-state index contributed by atoms with van der Waals surface area (Å²) < 4.78 is 0. The second-order valence-corrected chi connectivity index (χ2v) is 5.19. The molecule has 3 rings (SSSR count). The van der Waals surface area contributed by atoms with Gasteiger partial charge in [0, 0.05) is 12.5 Å². The number of nitriles is 1. The van der Waals surface area contributed by atoms with Crippen molar-refractivity contribution in [1.82, 2.24) is 4.90 Å². The molecule has 0 N–H and O–H groups in total. The fourth-order valence-corrected chi connectivity index (χ4v) is 3.13. The predicted molar refractivity (Wildman–Crippen MR) is 67.7 cm³/mol. The Morgan fingerprint density at radius 1 is 1.28 bits per heavy atom. The third kappa shape index (κ3) is 1.78. The zero-order chi connectivity index (χ0) is 12.5. The van der Waals surface area contributed by atoms with E-state index in [2.05, 4.69) is 18.2 Å². The van der Waals surface area contributed by atoms with Gasteiger partial charge in [-0.2, -0.15) is 5.26 Å². The Morgan fingerprint density at radius 2 is 1.94 bits per heavy atom. The maximum atomic E-state index is 12.5. The van der Waals surface area contributed by atoms with Gasteiger partial charge in [-0.3, -0.25) is 4.79 Å². The molecule has 0 bridgehead atoms. The lowest BCUT2D eigenvalue weighted by Gasteiger charge is -2.22. The molecule has 2 aliphatic rings. The maximum Gasteiger partial charge on any atom is 0.227 e. The molecule has 0 spiro atoms. The number of fused-ring (bicyclic) bond motifs is 1. The molecule has 0 aromatic heterocycles. The number of rotatable bonds is 1. The standard InChI is InChI=1S/C15H16N2O/c16-10-14-6-3-7-17(14)15(18)13-8-11-4-1-2-5-12(11)9-13/h1-2,4-5,13-14H,3,6-9H2. The van der Waals surface area contributed by atoms with Crippen LogP contribution in [0.1, 0.15) is 24.0 Å². The highest BCUT2D eigenvalue weighted by Gasteiger charge is 2.35. The van der Waals surface area contributed by atoms with Crippen LogP contribution in [0.25, 0.3) is 0 Å². The average molecular weight is 240 g/mol. The Bertz CT molecular complexity index is 492. The second-order valence-electron chi connectivity index (χ2n) is 5.19. The lowest BCUT2D eigenvalue weighted by Crippen LogP contribution is -2.39. The summed E-state index contributed by atoms with van der Waals surface area (Å²) in [6.07, 6.45) is 3.47. The molecular weight excluding hydrogens is 224 g/mol. The van der Waals surface area contributed by atoms with E-state index in [9.17, 15) is 4.79 Å². The molecule has 1 atom stereocenters.